The van der Waals surface area contributed by atoms with Crippen molar-refractivity contribution in [2.24, 2.45) is 0 Å². The summed E-state index contributed by atoms with van der Waals surface area (Å²) in [6.45, 7) is 7.93. The zero-order chi connectivity index (χ0) is 14.4. The van der Waals surface area contributed by atoms with Crippen molar-refractivity contribution in [2.45, 2.75) is 20.3 Å². The fraction of sp³-hybridized carbons (Fsp3) is 0.400. The predicted octanol–water partition coefficient (Wildman–Crippen LogP) is 2.88. The summed E-state index contributed by atoms with van der Waals surface area (Å²) in [5.74, 6) is 0.248. The molecule has 4 nitrogen and oxygen atoms in total. The third-order valence-corrected chi connectivity index (χ3v) is 2.66. The van der Waals surface area contributed by atoms with Crippen LogP contribution in [0.5, 0.6) is 5.75 Å². The molecule has 0 saturated carbocycles. The van der Waals surface area contributed by atoms with Crippen LogP contribution in [0.25, 0.3) is 0 Å². The average Bonchev–Trinajstić information content (AvgIpc) is 2.37. The fourth-order valence-corrected chi connectivity index (χ4v) is 1.80. The summed E-state index contributed by atoms with van der Waals surface area (Å²) in [4.78, 5) is 11.6. The van der Waals surface area contributed by atoms with E-state index in [4.69, 9.17) is 14.2 Å². The number of ether oxygens (including phenoxy) is 3. The second-order valence-corrected chi connectivity index (χ2v) is 4.45. The maximum atomic E-state index is 11.6. The number of carbonyl (C=O) groups is 1. The van der Waals surface area contributed by atoms with Gasteiger partial charge in [0.25, 0.3) is 0 Å². The van der Waals surface area contributed by atoms with Crippen LogP contribution in [0.4, 0.5) is 0 Å². The highest BCUT2D eigenvalue weighted by Gasteiger charge is 2.14. The van der Waals surface area contributed by atoms with Gasteiger partial charge in [0.1, 0.15) is 5.75 Å². The molecule has 1 aromatic carbocycles. The summed E-state index contributed by atoms with van der Waals surface area (Å²) in [5, 5.41) is 0. The maximum absolute atomic E-state index is 11.6. The minimum atomic E-state index is -0.382. The molecule has 0 N–H and O–H groups in total. The Morgan fingerprint density at radius 3 is 2.53 bits per heavy atom. The number of benzene rings is 1. The molecule has 0 amide bonds. The third-order valence-electron chi connectivity index (χ3n) is 2.66. The fourth-order valence-electron chi connectivity index (χ4n) is 1.80. The molecule has 4 heteroatoms. The molecule has 0 spiro atoms. The molecule has 0 atom stereocenters. The van der Waals surface area contributed by atoms with Gasteiger partial charge in [0.15, 0.2) is 6.79 Å². The lowest BCUT2D eigenvalue weighted by atomic mass is 9.98. The highest BCUT2D eigenvalue weighted by atomic mass is 16.7. The number of hydrogen-bond acceptors (Lipinski definition) is 4. The van der Waals surface area contributed by atoms with E-state index in [-0.39, 0.29) is 12.8 Å². The predicted molar refractivity (Wildman–Crippen MR) is 73.5 cm³/mol. The van der Waals surface area contributed by atoms with Gasteiger partial charge in [-0.1, -0.05) is 12.2 Å². The van der Waals surface area contributed by atoms with Crippen LogP contribution in [-0.2, 0) is 15.9 Å². The van der Waals surface area contributed by atoms with E-state index in [1.54, 1.807) is 19.2 Å². The van der Waals surface area contributed by atoms with E-state index in [0.29, 0.717) is 17.7 Å². The van der Waals surface area contributed by atoms with Crippen molar-refractivity contribution >= 4 is 5.97 Å². The molecule has 0 aliphatic heterocycles. The van der Waals surface area contributed by atoms with Crippen LogP contribution >= 0.6 is 0 Å². The van der Waals surface area contributed by atoms with Crippen LogP contribution in [0.15, 0.2) is 24.3 Å². The van der Waals surface area contributed by atoms with Gasteiger partial charge in [-0.25, -0.2) is 4.79 Å². The molecule has 19 heavy (non-hydrogen) atoms. The molecule has 0 unspecified atom stereocenters. The van der Waals surface area contributed by atoms with Gasteiger partial charge in [0.05, 0.1) is 12.7 Å². The van der Waals surface area contributed by atoms with Crippen molar-refractivity contribution in [1.82, 2.24) is 0 Å². The van der Waals surface area contributed by atoms with Crippen LogP contribution in [0.1, 0.15) is 28.4 Å². The van der Waals surface area contributed by atoms with E-state index in [1.165, 1.54) is 7.11 Å². The van der Waals surface area contributed by atoms with Gasteiger partial charge in [-0.15, -0.1) is 0 Å². The lowest BCUT2D eigenvalue weighted by molar-refractivity contribution is 0.0497. The van der Waals surface area contributed by atoms with Crippen molar-refractivity contribution in [1.29, 1.82) is 0 Å². The molecule has 0 aromatic heterocycles. The minimum Gasteiger partial charge on any atom is -0.467 e. The first-order chi connectivity index (χ1) is 8.99. The second kappa shape index (κ2) is 6.95. The summed E-state index contributed by atoms with van der Waals surface area (Å²) in [5.41, 5.74) is 3.47. The van der Waals surface area contributed by atoms with Gasteiger partial charge in [-0.05, 0) is 38.0 Å². The quantitative estimate of drug-likeness (QED) is 0.450. The number of rotatable bonds is 6. The molecule has 0 radical (unpaired) electrons. The molecule has 104 valence electrons. The van der Waals surface area contributed by atoms with Crippen molar-refractivity contribution in [3.8, 4) is 5.75 Å². The zero-order valence-electron chi connectivity index (χ0n) is 11.9. The third kappa shape index (κ3) is 4.10. The lowest BCUT2D eigenvalue weighted by Gasteiger charge is -2.15. The van der Waals surface area contributed by atoms with Gasteiger partial charge in [-0.2, -0.15) is 0 Å². The van der Waals surface area contributed by atoms with Crippen molar-refractivity contribution in [2.75, 3.05) is 21.0 Å². The Morgan fingerprint density at radius 2 is 2.00 bits per heavy atom. The van der Waals surface area contributed by atoms with Gasteiger partial charge in [0.2, 0.25) is 0 Å². The summed E-state index contributed by atoms with van der Waals surface area (Å²) in [7, 11) is 2.91. The Hall–Kier alpha value is -1.81. The molecule has 0 aliphatic carbocycles. The molecule has 1 aromatic rings. The van der Waals surface area contributed by atoms with Gasteiger partial charge in [0, 0.05) is 12.7 Å². The monoisotopic (exact) mass is 264 g/mol. The van der Waals surface area contributed by atoms with Crippen molar-refractivity contribution in [3.05, 3.63) is 41.0 Å². The van der Waals surface area contributed by atoms with Gasteiger partial charge in [-0.3, -0.25) is 0 Å². The van der Waals surface area contributed by atoms with E-state index in [1.807, 2.05) is 13.8 Å². The summed E-state index contributed by atoms with van der Waals surface area (Å²) < 4.78 is 15.2. The molecule has 0 bridgehead atoms. The van der Waals surface area contributed by atoms with Crippen LogP contribution in [0.3, 0.4) is 0 Å². The Labute approximate surface area is 114 Å². The number of esters is 1. The molecule has 0 saturated heterocycles. The molecule has 0 aliphatic rings. The summed E-state index contributed by atoms with van der Waals surface area (Å²) in [6.07, 6.45) is 0.701. The molecular formula is C15H20O4. The van der Waals surface area contributed by atoms with E-state index in [9.17, 15) is 4.79 Å². The number of hydrogen-bond donors (Lipinski definition) is 0. The first-order valence-corrected chi connectivity index (χ1v) is 5.97. The highest BCUT2D eigenvalue weighted by Crippen LogP contribution is 2.27. The van der Waals surface area contributed by atoms with E-state index < -0.39 is 0 Å². The van der Waals surface area contributed by atoms with Crippen molar-refractivity contribution < 1.29 is 19.0 Å². The SMILES string of the molecule is C=C(C)Cc1c(C)cc(C(=O)OC)cc1OCOC. The van der Waals surface area contributed by atoms with Crippen LogP contribution < -0.4 is 4.74 Å². The summed E-state index contributed by atoms with van der Waals surface area (Å²) in [6, 6.07) is 3.47. The van der Waals surface area contributed by atoms with E-state index >= 15 is 0 Å². The van der Waals surface area contributed by atoms with E-state index in [0.717, 1.165) is 16.7 Å². The Balaban J connectivity index is 3.21. The second-order valence-electron chi connectivity index (χ2n) is 4.45. The molecule has 1 rings (SSSR count). The Kier molecular flexibility index (Phi) is 5.57. The molecular weight excluding hydrogens is 244 g/mol. The first kappa shape index (κ1) is 15.2. The normalized spacial score (nSPS) is 10.1. The lowest BCUT2D eigenvalue weighted by Crippen LogP contribution is -2.08. The number of allylic oxidation sites excluding steroid dienone is 1. The van der Waals surface area contributed by atoms with Crippen molar-refractivity contribution in [3.63, 3.8) is 0 Å². The zero-order valence-corrected chi connectivity index (χ0v) is 11.9. The largest absolute Gasteiger partial charge is 0.467 e. The van der Waals surface area contributed by atoms with Gasteiger partial charge < -0.3 is 14.2 Å². The Bertz CT molecular complexity index is 477. The highest BCUT2D eigenvalue weighted by molar-refractivity contribution is 5.90. The number of carbonyl (C=O) groups excluding carboxylic acids is 1. The maximum Gasteiger partial charge on any atom is 0.337 e. The topological polar surface area (TPSA) is 44.8 Å². The first-order valence-electron chi connectivity index (χ1n) is 5.97. The number of methoxy groups -OCH3 is 2. The molecule has 0 heterocycles. The molecule has 0 fully saturated rings. The summed E-state index contributed by atoms with van der Waals surface area (Å²) >= 11 is 0. The van der Waals surface area contributed by atoms with E-state index in [2.05, 4.69) is 6.58 Å². The smallest absolute Gasteiger partial charge is 0.337 e. The Morgan fingerprint density at radius 1 is 1.32 bits per heavy atom. The van der Waals surface area contributed by atoms with Crippen LogP contribution in [0.2, 0.25) is 0 Å². The minimum absolute atomic E-state index is 0.132. The van der Waals surface area contributed by atoms with Crippen LogP contribution in [0, 0.1) is 6.92 Å². The standard InChI is InChI=1S/C15H20O4/c1-10(2)6-13-11(3)7-12(15(16)18-5)8-14(13)19-9-17-4/h7-8H,1,6,9H2,2-5H3. The van der Waals surface area contributed by atoms with Crippen LogP contribution in [-0.4, -0.2) is 27.0 Å². The average molecular weight is 264 g/mol. The van der Waals surface area contributed by atoms with Gasteiger partial charge >= 0.3 is 5.97 Å². The number of aryl methyl sites for hydroxylation is 1.